The number of fused-ring (bicyclic) bond motifs is 1. The molecule has 0 aliphatic carbocycles. The number of benzene rings is 1. The molecule has 0 N–H and O–H groups in total. The van der Waals surface area contributed by atoms with Crippen LogP contribution in [0.4, 0.5) is 0 Å². The van der Waals surface area contributed by atoms with Crippen LogP contribution in [-0.2, 0) is 6.42 Å². The van der Waals surface area contributed by atoms with Crippen LogP contribution in [0.5, 0.6) is 0 Å². The van der Waals surface area contributed by atoms with E-state index < -0.39 is 0 Å². The molecule has 2 rings (SSSR count). The molecule has 2 aromatic rings. The summed E-state index contributed by atoms with van der Waals surface area (Å²) in [5, 5.41) is 1.12. The van der Waals surface area contributed by atoms with Gasteiger partial charge in [-0.05, 0) is 24.1 Å². The topological polar surface area (TPSA) is 22.0 Å². The molecule has 2 heteroatoms. The van der Waals surface area contributed by atoms with Crippen LogP contribution in [0.2, 0.25) is 0 Å². The Bertz CT molecular complexity index is 482. The average Bonchev–Trinajstić information content (AvgIpc) is 2.59. The third-order valence-electron chi connectivity index (χ3n) is 2.51. The van der Waals surface area contributed by atoms with Crippen molar-refractivity contribution in [1.82, 2.24) is 4.57 Å². The average molecular weight is 187 g/mol. The number of nitrogens with zero attached hydrogens (tertiary/aromatic N) is 1. The van der Waals surface area contributed by atoms with E-state index in [9.17, 15) is 4.79 Å². The highest BCUT2D eigenvalue weighted by Gasteiger charge is 2.04. The van der Waals surface area contributed by atoms with Crippen LogP contribution in [0, 0.1) is 0 Å². The Kier molecular flexibility index (Phi) is 2.12. The second kappa shape index (κ2) is 3.29. The fourth-order valence-corrected chi connectivity index (χ4v) is 1.67. The smallest absolute Gasteiger partial charge is 0.227 e. The van der Waals surface area contributed by atoms with Crippen LogP contribution in [0.15, 0.2) is 30.5 Å². The van der Waals surface area contributed by atoms with E-state index in [4.69, 9.17) is 0 Å². The third kappa shape index (κ3) is 1.33. The molecule has 0 aliphatic rings. The van der Waals surface area contributed by atoms with Crippen molar-refractivity contribution in [3.05, 3.63) is 36.0 Å². The van der Waals surface area contributed by atoms with Crippen LogP contribution < -0.4 is 0 Å². The molecular formula is C12H13NO. The van der Waals surface area contributed by atoms with Gasteiger partial charge in [-0.2, -0.15) is 0 Å². The Labute approximate surface area is 83.2 Å². The summed E-state index contributed by atoms with van der Waals surface area (Å²) in [7, 11) is 0. The summed E-state index contributed by atoms with van der Waals surface area (Å²) in [6.45, 7) is 3.69. The Morgan fingerprint density at radius 1 is 1.36 bits per heavy atom. The molecule has 1 heterocycles. The quantitative estimate of drug-likeness (QED) is 0.672. The molecule has 0 amide bonds. The highest BCUT2D eigenvalue weighted by Crippen LogP contribution is 2.17. The lowest BCUT2D eigenvalue weighted by Gasteiger charge is -2.01. The maximum Gasteiger partial charge on any atom is 0.227 e. The first kappa shape index (κ1) is 9.00. The summed E-state index contributed by atoms with van der Waals surface area (Å²) < 4.78 is 1.69. The van der Waals surface area contributed by atoms with E-state index in [0.29, 0.717) is 0 Å². The van der Waals surface area contributed by atoms with Crippen molar-refractivity contribution in [2.75, 3.05) is 0 Å². The van der Waals surface area contributed by atoms with E-state index in [1.165, 1.54) is 5.56 Å². The number of aromatic nitrogens is 1. The predicted octanol–water partition coefficient (Wildman–Crippen LogP) is 2.86. The van der Waals surface area contributed by atoms with Crippen LogP contribution in [-0.4, -0.2) is 10.5 Å². The molecule has 2 nitrogen and oxygen atoms in total. The van der Waals surface area contributed by atoms with Gasteiger partial charge in [-0.25, -0.2) is 0 Å². The van der Waals surface area contributed by atoms with Gasteiger partial charge in [0, 0.05) is 18.5 Å². The summed E-state index contributed by atoms with van der Waals surface area (Å²) in [4.78, 5) is 11.3. The molecule has 0 atom stereocenters. The van der Waals surface area contributed by atoms with Crippen molar-refractivity contribution >= 4 is 16.8 Å². The fraction of sp³-hybridized carbons (Fsp3) is 0.250. The first-order valence-corrected chi connectivity index (χ1v) is 4.83. The second-order valence-electron chi connectivity index (χ2n) is 3.45. The van der Waals surface area contributed by atoms with E-state index in [2.05, 4.69) is 25.1 Å². The van der Waals surface area contributed by atoms with Crippen molar-refractivity contribution in [1.29, 1.82) is 0 Å². The minimum absolute atomic E-state index is 0.0632. The number of aryl methyl sites for hydroxylation is 1. The lowest BCUT2D eigenvalue weighted by atomic mass is 10.1. The molecule has 0 aliphatic heterocycles. The Balaban J connectivity index is 2.69. The van der Waals surface area contributed by atoms with E-state index in [0.717, 1.165) is 17.3 Å². The number of carbonyl (C=O) groups excluding carboxylic acids is 1. The number of hydrogen-bond acceptors (Lipinski definition) is 1. The zero-order valence-corrected chi connectivity index (χ0v) is 8.45. The SMILES string of the molecule is CCc1ccc2ccn(C(C)=O)c2c1. The van der Waals surface area contributed by atoms with Gasteiger partial charge in [0.15, 0.2) is 0 Å². The van der Waals surface area contributed by atoms with Gasteiger partial charge in [-0.15, -0.1) is 0 Å². The van der Waals surface area contributed by atoms with Gasteiger partial charge >= 0.3 is 0 Å². The molecule has 1 aromatic carbocycles. The standard InChI is InChI=1S/C12H13NO/c1-3-10-4-5-11-6-7-13(9(2)14)12(11)8-10/h4-8H,3H2,1-2H3. The van der Waals surface area contributed by atoms with E-state index >= 15 is 0 Å². The van der Waals surface area contributed by atoms with Crippen LogP contribution >= 0.6 is 0 Å². The molecule has 14 heavy (non-hydrogen) atoms. The number of rotatable bonds is 1. The van der Waals surface area contributed by atoms with Crippen molar-refractivity contribution in [3.63, 3.8) is 0 Å². The van der Waals surface area contributed by atoms with Gasteiger partial charge in [0.2, 0.25) is 5.91 Å². The van der Waals surface area contributed by atoms with Crippen LogP contribution in [0.3, 0.4) is 0 Å². The van der Waals surface area contributed by atoms with Gasteiger partial charge in [0.1, 0.15) is 0 Å². The van der Waals surface area contributed by atoms with E-state index in [1.54, 1.807) is 11.5 Å². The van der Waals surface area contributed by atoms with Crippen molar-refractivity contribution in [3.8, 4) is 0 Å². The van der Waals surface area contributed by atoms with Gasteiger partial charge in [-0.3, -0.25) is 9.36 Å². The molecule has 0 bridgehead atoms. The summed E-state index contributed by atoms with van der Waals surface area (Å²) in [5.41, 5.74) is 2.27. The number of carbonyl (C=O) groups is 1. The van der Waals surface area contributed by atoms with Crippen molar-refractivity contribution in [2.24, 2.45) is 0 Å². The summed E-state index contributed by atoms with van der Waals surface area (Å²) in [6.07, 6.45) is 2.82. The monoisotopic (exact) mass is 187 g/mol. The summed E-state index contributed by atoms with van der Waals surface area (Å²) in [6, 6.07) is 8.22. The van der Waals surface area contributed by atoms with Crippen LogP contribution in [0.1, 0.15) is 24.2 Å². The largest absolute Gasteiger partial charge is 0.287 e. The third-order valence-corrected chi connectivity index (χ3v) is 2.51. The minimum Gasteiger partial charge on any atom is -0.287 e. The zero-order valence-electron chi connectivity index (χ0n) is 8.45. The van der Waals surface area contributed by atoms with Crippen molar-refractivity contribution < 1.29 is 4.79 Å². The van der Waals surface area contributed by atoms with E-state index in [1.807, 2.05) is 12.3 Å². The second-order valence-corrected chi connectivity index (χ2v) is 3.45. The predicted molar refractivity (Wildman–Crippen MR) is 57.6 cm³/mol. The van der Waals surface area contributed by atoms with E-state index in [-0.39, 0.29) is 5.91 Å². The Morgan fingerprint density at radius 3 is 2.79 bits per heavy atom. The lowest BCUT2D eigenvalue weighted by molar-refractivity contribution is 0.0941. The zero-order chi connectivity index (χ0) is 10.1. The van der Waals surface area contributed by atoms with Gasteiger partial charge in [0.05, 0.1) is 5.52 Å². The van der Waals surface area contributed by atoms with Gasteiger partial charge in [0.25, 0.3) is 0 Å². The maximum absolute atomic E-state index is 11.3. The molecule has 1 aromatic heterocycles. The molecule has 0 fully saturated rings. The first-order valence-electron chi connectivity index (χ1n) is 4.83. The Hall–Kier alpha value is -1.57. The molecule has 0 radical (unpaired) electrons. The number of hydrogen-bond donors (Lipinski definition) is 0. The molecule has 72 valence electrons. The Morgan fingerprint density at radius 2 is 2.14 bits per heavy atom. The highest BCUT2D eigenvalue weighted by atomic mass is 16.1. The normalized spacial score (nSPS) is 10.7. The summed E-state index contributed by atoms with van der Waals surface area (Å²) >= 11 is 0. The molecule has 0 saturated carbocycles. The molecule has 0 unspecified atom stereocenters. The molecular weight excluding hydrogens is 174 g/mol. The van der Waals surface area contributed by atoms with Crippen LogP contribution in [0.25, 0.3) is 10.9 Å². The molecule has 0 spiro atoms. The first-order chi connectivity index (χ1) is 6.72. The van der Waals surface area contributed by atoms with Gasteiger partial charge in [-0.1, -0.05) is 19.1 Å². The van der Waals surface area contributed by atoms with Crippen molar-refractivity contribution in [2.45, 2.75) is 20.3 Å². The minimum atomic E-state index is 0.0632. The fourth-order valence-electron chi connectivity index (χ4n) is 1.67. The van der Waals surface area contributed by atoms with Gasteiger partial charge < -0.3 is 0 Å². The summed E-state index contributed by atoms with van der Waals surface area (Å²) in [5.74, 6) is 0.0632. The molecule has 0 saturated heterocycles. The highest BCUT2D eigenvalue weighted by molar-refractivity contribution is 5.91. The lowest BCUT2D eigenvalue weighted by Crippen LogP contribution is -2.02. The maximum atomic E-state index is 11.3.